The van der Waals surface area contributed by atoms with Gasteiger partial charge in [-0.15, -0.1) is 0 Å². The van der Waals surface area contributed by atoms with E-state index in [2.05, 4.69) is 27.2 Å². The van der Waals surface area contributed by atoms with Crippen LogP contribution in [0.4, 0.5) is 0 Å². The maximum Gasteiger partial charge on any atom is 0.257 e. The van der Waals surface area contributed by atoms with Crippen LogP contribution in [0.2, 0.25) is 0 Å². The molecule has 0 amide bonds. The van der Waals surface area contributed by atoms with Gasteiger partial charge in [-0.1, -0.05) is 6.92 Å². The molecule has 0 saturated carbocycles. The Balaban J connectivity index is 1.95. The largest absolute Gasteiger partial charge is 0.377 e. The van der Waals surface area contributed by atoms with Gasteiger partial charge in [0.05, 0.1) is 12.3 Å². The third kappa shape index (κ3) is 4.02. The molecule has 0 aliphatic carbocycles. The molecule has 1 fully saturated rings. The molecule has 1 unspecified atom stereocenters. The summed E-state index contributed by atoms with van der Waals surface area (Å²) in [6.45, 7) is 4.41. The molecule has 114 valence electrons. The summed E-state index contributed by atoms with van der Waals surface area (Å²) in [5, 5.41) is 9.71. The van der Waals surface area contributed by atoms with E-state index in [9.17, 15) is 8.42 Å². The molecule has 8 heteroatoms. The van der Waals surface area contributed by atoms with E-state index in [1.54, 1.807) is 6.20 Å². The molecule has 0 aromatic carbocycles. The average molecular weight is 302 g/mol. The van der Waals surface area contributed by atoms with Crippen molar-refractivity contribution in [2.75, 3.05) is 19.7 Å². The minimum Gasteiger partial charge on any atom is -0.377 e. The van der Waals surface area contributed by atoms with Crippen molar-refractivity contribution >= 4 is 10.0 Å². The standard InChI is InChI=1S/C12H22N4O3S/c1-2-5-13-7-10-8-14-16-12(10)20(17,18)15-9-11-4-3-6-19-11/h8,11,13,15H,2-7,9H2,1H3,(H,14,16). The first-order chi connectivity index (χ1) is 9.63. The number of nitrogens with zero attached hydrogens (tertiary/aromatic N) is 1. The number of hydrogen-bond donors (Lipinski definition) is 3. The molecule has 1 atom stereocenters. The van der Waals surface area contributed by atoms with E-state index in [1.165, 1.54) is 0 Å². The highest BCUT2D eigenvalue weighted by atomic mass is 32.2. The van der Waals surface area contributed by atoms with Crippen molar-refractivity contribution in [1.29, 1.82) is 0 Å². The minimum absolute atomic E-state index is 0.0191. The first kappa shape index (κ1) is 15.4. The SMILES string of the molecule is CCCNCc1cn[nH]c1S(=O)(=O)NCC1CCCO1. The fraction of sp³-hybridized carbons (Fsp3) is 0.750. The molecule has 0 spiro atoms. The van der Waals surface area contributed by atoms with Crippen molar-refractivity contribution in [3.63, 3.8) is 0 Å². The van der Waals surface area contributed by atoms with E-state index in [-0.39, 0.29) is 11.1 Å². The quantitative estimate of drug-likeness (QED) is 0.603. The van der Waals surface area contributed by atoms with Crippen LogP contribution < -0.4 is 10.0 Å². The Morgan fingerprint density at radius 2 is 2.40 bits per heavy atom. The van der Waals surface area contributed by atoms with E-state index in [4.69, 9.17) is 4.74 Å². The summed E-state index contributed by atoms with van der Waals surface area (Å²) in [5.74, 6) is 0. The number of nitrogens with one attached hydrogen (secondary N) is 3. The maximum absolute atomic E-state index is 12.2. The van der Waals surface area contributed by atoms with Gasteiger partial charge in [0, 0.05) is 25.3 Å². The van der Waals surface area contributed by atoms with Crippen molar-refractivity contribution < 1.29 is 13.2 Å². The summed E-state index contributed by atoms with van der Waals surface area (Å²) in [6.07, 6.45) is 4.41. The second-order valence-corrected chi connectivity index (χ2v) is 6.59. The fourth-order valence-corrected chi connectivity index (χ4v) is 3.33. The number of sulfonamides is 1. The van der Waals surface area contributed by atoms with Gasteiger partial charge in [0.25, 0.3) is 10.0 Å². The van der Waals surface area contributed by atoms with Gasteiger partial charge in [0.15, 0.2) is 5.03 Å². The maximum atomic E-state index is 12.2. The molecule has 0 bridgehead atoms. The van der Waals surface area contributed by atoms with E-state index in [0.717, 1.165) is 25.8 Å². The predicted molar refractivity (Wildman–Crippen MR) is 74.7 cm³/mol. The Morgan fingerprint density at radius 3 is 3.10 bits per heavy atom. The number of hydrogen-bond acceptors (Lipinski definition) is 5. The summed E-state index contributed by atoms with van der Waals surface area (Å²) >= 11 is 0. The summed E-state index contributed by atoms with van der Waals surface area (Å²) in [4.78, 5) is 0. The Morgan fingerprint density at radius 1 is 1.55 bits per heavy atom. The molecule has 2 rings (SSSR count). The average Bonchev–Trinajstić information content (AvgIpc) is 3.08. The van der Waals surface area contributed by atoms with Crippen LogP contribution in [0, 0.1) is 0 Å². The summed E-state index contributed by atoms with van der Waals surface area (Å²) in [7, 11) is -3.56. The normalized spacial score (nSPS) is 19.6. The van der Waals surface area contributed by atoms with Crippen LogP contribution >= 0.6 is 0 Å². The van der Waals surface area contributed by atoms with Gasteiger partial charge in [-0.25, -0.2) is 13.1 Å². The van der Waals surface area contributed by atoms with E-state index in [0.29, 0.717) is 25.3 Å². The van der Waals surface area contributed by atoms with Crippen LogP contribution in [0.5, 0.6) is 0 Å². The predicted octanol–water partition coefficient (Wildman–Crippen LogP) is 0.367. The van der Waals surface area contributed by atoms with Gasteiger partial charge in [0.1, 0.15) is 0 Å². The lowest BCUT2D eigenvalue weighted by Gasteiger charge is -2.11. The number of rotatable bonds is 8. The van der Waals surface area contributed by atoms with Crippen LogP contribution in [0.3, 0.4) is 0 Å². The summed E-state index contributed by atoms with van der Waals surface area (Å²) in [6, 6.07) is 0. The second kappa shape index (κ2) is 7.16. The number of H-pyrrole nitrogens is 1. The molecule has 1 aliphatic heterocycles. The van der Waals surface area contributed by atoms with Crippen molar-refractivity contribution in [3.05, 3.63) is 11.8 Å². The molecular weight excluding hydrogens is 280 g/mol. The second-order valence-electron chi connectivity index (χ2n) is 4.89. The molecule has 1 saturated heterocycles. The lowest BCUT2D eigenvalue weighted by molar-refractivity contribution is 0.114. The van der Waals surface area contributed by atoms with Gasteiger partial charge in [-0.05, 0) is 25.8 Å². The van der Waals surface area contributed by atoms with Crippen LogP contribution in [-0.4, -0.2) is 44.4 Å². The number of aromatic amines is 1. The Hall–Kier alpha value is -0.960. The van der Waals surface area contributed by atoms with E-state index in [1.807, 2.05) is 0 Å². The molecule has 1 aromatic rings. The molecule has 2 heterocycles. The zero-order valence-electron chi connectivity index (χ0n) is 11.7. The zero-order chi connectivity index (χ0) is 14.4. The zero-order valence-corrected chi connectivity index (χ0v) is 12.5. The highest BCUT2D eigenvalue weighted by Crippen LogP contribution is 2.14. The monoisotopic (exact) mass is 302 g/mol. The lowest BCUT2D eigenvalue weighted by atomic mass is 10.2. The van der Waals surface area contributed by atoms with Crippen molar-refractivity contribution in [1.82, 2.24) is 20.2 Å². The van der Waals surface area contributed by atoms with Crippen LogP contribution in [-0.2, 0) is 21.3 Å². The van der Waals surface area contributed by atoms with Gasteiger partial charge in [-0.3, -0.25) is 5.10 Å². The van der Waals surface area contributed by atoms with Crippen LogP contribution in [0.25, 0.3) is 0 Å². The molecule has 1 aromatic heterocycles. The number of aromatic nitrogens is 2. The van der Waals surface area contributed by atoms with Crippen molar-refractivity contribution in [2.45, 2.75) is 43.9 Å². The highest BCUT2D eigenvalue weighted by molar-refractivity contribution is 7.89. The van der Waals surface area contributed by atoms with E-state index >= 15 is 0 Å². The van der Waals surface area contributed by atoms with Gasteiger partial charge < -0.3 is 10.1 Å². The fourth-order valence-electron chi connectivity index (χ4n) is 2.14. The highest BCUT2D eigenvalue weighted by Gasteiger charge is 2.23. The van der Waals surface area contributed by atoms with Crippen LogP contribution in [0.1, 0.15) is 31.7 Å². The van der Waals surface area contributed by atoms with Crippen molar-refractivity contribution in [3.8, 4) is 0 Å². The Labute approximate surface area is 119 Å². The molecule has 3 N–H and O–H groups in total. The third-order valence-corrected chi connectivity index (χ3v) is 4.65. The molecular formula is C12H22N4O3S. The molecule has 7 nitrogen and oxygen atoms in total. The summed E-state index contributed by atoms with van der Waals surface area (Å²) < 4.78 is 32.5. The topological polar surface area (TPSA) is 96.1 Å². The van der Waals surface area contributed by atoms with Gasteiger partial charge in [0.2, 0.25) is 0 Å². The smallest absolute Gasteiger partial charge is 0.257 e. The molecule has 20 heavy (non-hydrogen) atoms. The molecule has 1 aliphatic rings. The van der Waals surface area contributed by atoms with Gasteiger partial charge in [-0.2, -0.15) is 5.10 Å². The lowest BCUT2D eigenvalue weighted by Crippen LogP contribution is -2.32. The van der Waals surface area contributed by atoms with Gasteiger partial charge >= 0.3 is 0 Å². The Bertz CT molecular complexity index is 509. The Kier molecular flexibility index (Phi) is 5.53. The number of ether oxygens (including phenoxy) is 1. The first-order valence-electron chi connectivity index (χ1n) is 6.97. The third-order valence-electron chi connectivity index (χ3n) is 3.21. The van der Waals surface area contributed by atoms with Crippen LogP contribution in [0.15, 0.2) is 11.2 Å². The summed E-state index contributed by atoms with van der Waals surface area (Å²) in [5.41, 5.74) is 0.651. The first-order valence-corrected chi connectivity index (χ1v) is 8.46. The van der Waals surface area contributed by atoms with Crippen molar-refractivity contribution in [2.24, 2.45) is 0 Å². The minimum atomic E-state index is -3.56. The molecule has 0 radical (unpaired) electrons. The van der Waals surface area contributed by atoms with E-state index < -0.39 is 10.0 Å².